The number of anilines is 2. The number of benzene rings is 2. The van der Waals surface area contributed by atoms with Crippen molar-refractivity contribution in [2.24, 2.45) is 0 Å². The van der Waals surface area contributed by atoms with E-state index >= 15 is 0 Å². The molecule has 0 saturated heterocycles. The van der Waals surface area contributed by atoms with Crippen LogP contribution in [0.5, 0.6) is 0 Å². The lowest BCUT2D eigenvalue weighted by Crippen LogP contribution is -2.27. The van der Waals surface area contributed by atoms with Gasteiger partial charge >= 0.3 is 0 Å². The van der Waals surface area contributed by atoms with Gasteiger partial charge in [0.15, 0.2) is 0 Å². The molecule has 0 fully saturated rings. The number of nitrogens with two attached hydrogens (primary N) is 1. The van der Waals surface area contributed by atoms with Crippen molar-refractivity contribution in [1.82, 2.24) is 0 Å². The van der Waals surface area contributed by atoms with E-state index in [4.69, 9.17) is 5.73 Å². The third-order valence-electron chi connectivity index (χ3n) is 3.51. The summed E-state index contributed by atoms with van der Waals surface area (Å²) in [7, 11) is 0. The van der Waals surface area contributed by atoms with E-state index in [0.29, 0.717) is 12.2 Å². The first-order valence-electron chi connectivity index (χ1n) is 6.68. The highest BCUT2D eigenvalue weighted by atomic mass is 16.2. The Labute approximate surface area is 118 Å². The number of nitrogens with zero attached hydrogens (tertiary/aromatic N) is 1. The van der Waals surface area contributed by atoms with Crippen molar-refractivity contribution in [3.63, 3.8) is 0 Å². The number of para-hydroxylation sites is 1. The van der Waals surface area contributed by atoms with Gasteiger partial charge < -0.3 is 10.6 Å². The summed E-state index contributed by atoms with van der Waals surface area (Å²) in [4.78, 5) is 14.1. The summed E-state index contributed by atoms with van der Waals surface area (Å²) >= 11 is 0. The number of fused-ring (bicyclic) bond motifs is 1. The molecule has 2 N–H and O–H groups in total. The van der Waals surface area contributed by atoms with Gasteiger partial charge in [0.1, 0.15) is 0 Å². The van der Waals surface area contributed by atoms with Crippen molar-refractivity contribution in [3.05, 3.63) is 65.7 Å². The Balaban J connectivity index is 1.82. The van der Waals surface area contributed by atoms with Crippen LogP contribution in [0.3, 0.4) is 0 Å². The predicted molar refractivity (Wildman–Crippen MR) is 82.4 cm³/mol. The summed E-state index contributed by atoms with van der Waals surface area (Å²) in [5.74, 6) is -0.0227. The number of nitrogen functional groups attached to an aromatic ring is 1. The second-order valence-corrected chi connectivity index (χ2v) is 4.84. The van der Waals surface area contributed by atoms with Crippen molar-refractivity contribution in [1.29, 1.82) is 0 Å². The number of carbonyl (C=O) groups excluding carboxylic acids is 1. The zero-order chi connectivity index (χ0) is 13.9. The fraction of sp³-hybridized carbons (Fsp3) is 0.118. The molecule has 3 heteroatoms. The molecule has 0 bridgehead atoms. The van der Waals surface area contributed by atoms with Gasteiger partial charge in [0.25, 0.3) is 5.91 Å². The quantitative estimate of drug-likeness (QED) is 0.669. The van der Waals surface area contributed by atoms with Crippen LogP contribution < -0.4 is 10.6 Å². The van der Waals surface area contributed by atoms with Crippen molar-refractivity contribution in [3.8, 4) is 0 Å². The van der Waals surface area contributed by atoms with Gasteiger partial charge in [-0.2, -0.15) is 0 Å². The van der Waals surface area contributed by atoms with Crippen LogP contribution in [0.4, 0.5) is 11.4 Å². The normalized spacial score (nSPS) is 13.7. The average molecular weight is 264 g/mol. The van der Waals surface area contributed by atoms with Gasteiger partial charge in [-0.15, -0.1) is 0 Å². The van der Waals surface area contributed by atoms with Gasteiger partial charge in [-0.1, -0.05) is 42.5 Å². The van der Waals surface area contributed by atoms with E-state index in [9.17, 15) is 4.79 Å². The Morgan fingerprint density at radius 2 is 1.90 bits per heavy atom. The summed E-state index contributed by atoms with van der Waals surface area (Å²) in [6.07, 6.45) is 4.31. The topological polar surface area (TPSA) is 46.3 Å². The fourth-order valence-electron chi connectivity index (χ4n) is 2.53. The fourth-order valence-corrected chi connectivity index (χ4v) is 2.53. The first kappa shape index (κ1) is 12.5. The lowest BCUT2D eigenvalue weighted by atomic mass is 10.1. The Hall–Kier alpha value is -2.55. The highest BCUT2D eigenvalue weighted by molar-refractivity contribution is 6.07. The van der Waals surface area contributed by atoms with Crippen LogP contribution in [-0.2, 0) is 11.2 Å². The molecule has 1 aliphatic rings. The van der Waals surface area contributed by atoms with Crippen LogP contribution in [-0.4, -0.2) is 12.5 Å². The number of amides is 1. The largest absolute Gasteiger partial charge is 0.397 e. The zero-order valence-electron chi connectivity index (χ0n) is 11.1. The molecule has 20 heavy (non-hydrogen) atoms. The van der Waals surface area contributed by atoms with Gasteiger partial charge in [0, 0.05) is 12.6 Å². The van der Waals surface area contributed by atoms with E-state index in [1.165, 1.54) is 0 Å². The van der Waals surface area contributed by atoms with Gasteiger partial charge in [-0.05, 0) is 29.7 Å². The number of carbonyl (C=O) groups is 1. The van der Waals surface area contributed by atoms with Crippen molar-refractivity contribution < 1.29 is 4.79 Å². The SMILES string of the molecule is Nc1cccc2c1N(C(=O)/C=C/c1ccccc1)CC2. The highest BCUT2D eigenvalue weighted by Crippen LogP contribution is 2.33. The van der Waals surface area contributed by atoms with Crippen LogP contribution in [0.1, 0.15) is 11.1 Å². The van der Waals surface area contributed by atoms with Gasteiger partial charge in [0.05, 0.1) is 11.4 Å². The lowest BCUT2D eigenvalue weighted by molar-refractivity contribution is -0.114. The maximum absolute atomic E-state index is 12.3. The monoisotopic (exact) mass is 264 g/mol. The molecule has 0 unspecified atom stereocenters. The van der Waals surface area contributed by atoms with Gasteiger partial charge in [-0.25, -0.2) is 0 Å². The third-order valence-corrected chi connectivity index (χ3v) is 3.51. The average Bonchev–Trinajstić information content (AvgIpc) is 2.91. The minimum Gasteiger partial charge on any atom is -0.397 e. The van der Waals surface area contributed by atoms with Crippen LogP contribution >= 0.6 is 0 Å². The summed E-state index contributed by atoms with van der Waals surface area (Å²) in [5.41, 5.74) is 9.69. The Kier molecular flexibility index (Phi) is 3.25. The van der Waals surface area contributed by atoms with Crippen LogP contribution in [0, 0.1) is 0 Å². The minimum atomic E-state index is -0.0227. The van der Waals surface area contributed by atoms with E-state index < -0.39 is 0 Å². The van der Waals surface area contributed by atoms with Crippen molar-refractivity contribution >= 4 is 23.4 Å². The van der Waals surface area contributed by atoms with E-state index in [2.05, 4.69) is 0 Å². The molecule has 3 rings (SSSR count). The molecule has 3 nitrogen and oxygen atoms in total. The zero-order valence-corrected chi connectivity index (χ0v) is 11.1. The van der Waals surface area contributed by atoms with Crippen LogP contribution in [0.2, 0.25) is 0 Å². The molecule has 0 atom stereocenters. The second-order valence-electron chi connectivity index (χ2n) is 4.84. The van der Waals surface area contributed by atoms with Crippen molar-refractivity contribution in [2.45, 2.75) is 6.42 Å². The van der Waals surface area contributed by atoms with E-state index in [0.717, 1.165) is 23.2 Å². The molecular formula is C17H16N2O. The molecule has 0 aliphatic carbocycles. The maximum atomic E-state index is 12.3. The Morgan fingerprint density at radius 3 is 2.70 bits per heavy atom. The Bertz CT molecular complexity index is 662. The predicted octanol–water partition coefficient (Wildman–Crippen LogP) is 2.87. The van der Waals surface area contributed by atoms with Crippen LogP contribution in [0.25, 0.3) is 6.08 Å². The van der Waals surface area contributed by atoms with Crippen LogP contribution in [0.15, 0.2) is 54.6 Å². The smallest absolute Gasteiger partial charge is 0.251 e. The molecule has 2 aromatic rings. The first-order valence-corrected chi connectivity index (χ1v) is 6.68. The summed E-state index contributed by atoms with van der Waals surface area (Å²) in [5, 5.41) is 0. The molecule has 0 saturated carbocycles. The summed E-state index contributed by atoms with van der Waals surface area (Å²) < 4.78 is 0. The van der Waals surface area contributed by atoms with Crippen molar-refractivity contribution in [2.75, 3.05) is 17.2 Å². The number of hydrogen-bond donors (Lipinski definition) is 1. The summed E-state index contributed by atoms with van der Waals surface area (Å²) in [6, 6.07) is 15.6. The maximum Gasteiger partial charge on any atom is 0.251 e. The molecule has 2 aromatic carbocycles. The molecule has 1 amide bonds. The van der Waals surface area contributed by atoms with E-state index in [1.54, 1.807) is 11.0 Å². The molecular weight excluding hydrogens is 248 g/mol. The standard InChI is InChI=1S/C17H16N2O/c18-15-8-4-7-14-11-12-19(17(14)15)16(20)10-9-13-5-2-1-3-6-13/h1-10H,11-12,18H2/b10-9+. The van der Waals surface area contributed by atoms with E-state index in [-0.39, 0.29) is 5.91 Å². The number of hydrogen-bond acceptors (Lipinski definition) is 2. The molecule has 100 valence electrons. The van der Waals surface area contributed by atoms with E-state index in [1.807, 2.05) is 54.6 Å². The highest BCUT2D eigenvalue weighted by Gasteiger charge is 2.24. The Morgan fingerprint density at radius 1 is 1.10 bits per heavy atom. The van der Waals surface area contributed by atoms with Gasteiger partial charge in [0.2, 0.25) is 0 Å². The lowest BCUT2D eigenvalue weighted by Gasteiger charge is -2.16. The third kappa shape index (κ3) is 2.30. The summed E-state index contributed by atoms with van der Waals surface area (Å²) in [6.45, 7) is 0.696. The number of rotatable bonds is 2. The molecule has 1 aliphatic heterocycles. The molecule has 1 heterocycles. The molecule has 0 radical (unpaired) electrons. The molecule has 0 spiro atoms. The molecule has 0 aromatic heterocycles. The van der Waals surface area contributed by atoms with Gasteiger partial charge in [-0.3, -0.25) is 4.79 Å². The second kappa shape index (κ2) is 5.21. The minimum absolute atomic E-state index is 0.0227. The first-order chi connectivity index (χ1) is 9.75.